The summed E-state index contributed by atoms with van der Waals surface area (Å²) in [4.78, 5) is 15.6. The number of nitrogens with one attached hydrogen (secondary N) is 1. The number of hydrogen-bond donors (Lipinski definition) is 1. The summed E-state index contributed by atoms with van der Waals surface area (Å²) < 4.78 is 15.0. The Morgan fingerprint density at radius 3 is 2.59 bits per heavy atom. The van der Waals surface area contributed by atoms with Gasteiger partial charge in [0.15, 0.2) is 0 Å². The summed E-state index contributed by atoms with van der Waals surface area (Å²) in [5, 5.41) is 9.22. The zero-order valence-electron chi connectivity index (χ0n) is 11.1. The molecule has 0 aliphatic carbocycles. The van der Waals surface area contributed by atoms with Crippen molar-refractivity contribution >= 4 is 27.3 Å². The van der Waals surface area contributed by atoms with Gasteiger partial charge in [-0.1, -0.05) is 18.2 Å². The highest BCUT2D eigenvalue weighted by Gasteiger charge is 2.15. The fraction of sp³-hybridized carbons (Fsp3) is 0. The van der Waals surface area contributed by atoms with E-state index in [2.05, 4.69) is 20.9 Å². The summed E-state index contributed by atoms with van der Waals surface area (Å²) >= 11 is 4.81. The minimum Gasteiger partial charge on any atom is -0.320 e. The first-order valence-electron chi connectivity index (χ1n) is 6.28. The molecule has 1 N–H and O–H groups in total. The SMILES string of the molecule is N#Cc1c(-c2ccccc2F)cc(-c2ccc(Br)s2)[nH]c1=O. The van der Waals surface area contributed by atoms with Crippen molar-refractivity contribution in [2.45, 2.75) is 0 Å². The number of aromatic amines is 1. The molecular formula is C16H8BrFN2OS. The lowest BCUT2D eigenvalue weighted by atomic mass is 10.00. The van der Waals surface area contributed by atoms with Gasteiger partial charge in [0.2, 0.25) is 0 Å². The van der Waals surface area contributed by atoms with Gasteiger partial charge in [0, 0.05) is 11.1 Å². The number of nitriles is 1. The zero-order chi connectivity index (χ0) is 15.7. The van der Waals surface area contributed by atoms with Crippen LogP contribution in [0.3, 0.4) is 0 Å². The smallest absolute Gasteiger partial charge is 0.266 e. The molecule has 108 valence electrons. The Bertz CT molecular complexity index is 955. The molecule has 0 aliphatic rings. The number of rotatable bonds is 2. The number of halogens is 2. The van der Waals surface area contributed by atoms with Gasteiger partial charge in [-0.2, -0.15) is 5.26 Å². The molecular weight excluding hydrogens is 367 g/mol. The Balaban J connectivity index is 2.29. The van der Waals surface area contributed by atoms with Crippen molar-refractivity contribution in [1.29, 1.82) is 5.26 Å². The van der Waals surface area contributed by atoms with Crippen molar-refractivity contribution < 1.29 is 4.39 Å². The molecule has 0 bridgehead atoms. The second kappa shape index (κ2) is 5.87. The second-order valence-corrected chi connectivity index (χ2v) is 6.96. The third-order valence-electron chi connectivity index (χ3n) is 3.15. The van der Waals surface area contributed by atoms with Gasteiger partial charge in [-0.05, 0) is 40.2 Å². The molecule has 22 heavy (non-hydrogen) atoms. The Hall–Kier alpha value is -2.23. The highest BCUT2D eigenvalue weighted by Crippen LogP contribution is 2.33. The van der Waals surface area contributed by atoms with E-state index >= 15 is 0 Å². The van der Waals surface area contributed by atoms with Crippen LogP contribution in [-0.2, 0) is 0 Å². The van der Waals surface area contributed by atoms with Crippen LogP contribution in [0.5, 0.6) is 0 Å². The van der Waals surface area contributed by atoms with Crippen molar-refractivity contribution in [2.75, 3.05) is 0 Å². The molecule has 0 unspecified atom stereocenters. The normalized spacial score (nSPS) is 10.4. The molecule has 3 nitrogen and oxygen atoms in total. The summed E-state index contributed by atoms with van der Waals surface area (Å²) in [5.74, 6) is -0.470. The number of nitrogens with zero attached hydrogens (tertiary/aromatic N) is 1. The van der Waals surface area contributed by atoms with Crippen LogP contribution in [0.4, 0.5) is 4.39 Å². The number of aromatic nitrogens is 1. The second-order valence-electron chi connectivity index (χ2n) is 4.50. The van der Waals surface area contributed by atoms with Gasteiger partial charge in [0.1, 0.15) is 17.4 Å². The first-order valence-corrected chi connectivity index (χ1v) is 7.89. The van der Waals surface area contributed by atoms with E-state index in [1.165, 1.54) is 17.4 Å². The quantitative estimate of drug-likeness (QED) is 0.715. The van der Waals surface area contributed by atoms with E-state index in [1.54, 1.807) is 24.3 Å². The summed E-state index contributed by atoms with van der Waals surface area (Å²) in [6.07, 6.45) is 0. The van der Waals surface area contributed by atoms with Crippen LogP contribution in [0.1, 0.15) is 5.56 Å². The number of hydrogen-bond acceptors (Lipinski definition) is 3. The molecule has 0 saturated heterocycles. The standard InChI is InChI=1S/C16H8BrFN2OS/c17-15-6-5-14(22-15)13-7-10(11(8-19)16(21)20-13)9-3-1-2-4-12(9)18/h1-7H,(H,20,21). The molecule has 0 spiro atoms. The van der Waals surface area contributed by atoms with Crippen LogP contribution in [0.15, 0.2) is 51.0 Å². The minimum absolute atomic E-state index is 0.0931. The van der Waals surface area contributed by atoms with E-state index in [9.17, 15) is 14.4 Å². The Morgan fingerprint density at radius 2 is 1.95 bits per heavy atom. The van der Waals surface area contributed by atoms with Crippen LogP contribution in [0, 0.1) is 17.1 Å². The van der Waals surface area contributed by atoms with Gasteiger partial charge >= 0.3 is 0 Å². The molecule has 0 fully saturated rings. The summed E-state index contributed by atoms with van der Waals surface area (Å²) in [7, 11) is 0. The molecule has 0 amide bonds. The predicted octanol–water partition coefficient (Wildman–Crippen LogP) is 4.54. The van der Waals surface area contributed by atoms with E-state index in [0.29, 0.717) is 11.3 Å². The van der Waals surface area contributed by atoms with Crippen molar-refractivity contribution in [1.82, 2.24) is 4.98 Å². The predicted molar refractivity (Wildman–Crippen MR) is 88.2 cm³/mol. The lowest BCUT2D eigenvalue weighted by Crippen LogP contribution is -2.12. The Kier molecular flexibility index (Phi) is 3.92. The fourth-order valence-electron chi connectivity index (χ4n) is 2.15. The van der Waals surface area contributed by atoms with Crippen molar-refractivity contribution in [3.05, 3.63) is 68.0 Å². The fourth-order valence-corrected chi connectivity index (χ4v) is 3.51. The molecule has 2 heterocycles. The Labute approximate surface area is 137 Å². The highest BCUT2D eigenvalue weighted by molar-refractivity contribution is 9.11. The van der Waals surface area contributed by atoms with Crippen LogP contribution in [0.2, 0.25) is 0 Å². The van der Waals surface area contributed by atoms with Crippen LogP contribution in [-0.4, -0.2) is 4.98 Å². The zero-order valence-corrected chi connectivity index (χ0v) is 13.5. The molecule has 0 atom stereocenters. The highest BCUT2D eigenvalue weighted by atomic mass is 79.9. The molecule has 0 radical (unpaired) electrons. The molecule has 0 aliphatic heterocycles. The average Bonchev–Trinajstić information content (AvgIpc) is 2.93. The molecule has 1 aromatic carbocycles. The molecule has 6 heteroatoms. The lowest BCUT2D eigenvalue weighted by molar-refractivity contribution is 0.631. The Morgan fingerprint density at radius 1 is 1.18 bits per heavy atom. The number of benzene rings is 1. The average molecular weight is 375 g/mol. The van der Waals surface area contributed by atoms with Crippen molar-refractivity contribution in [3.63, 3.8) is 0 Å². The first-order chi connectivity index (χ1) is 10.6. The van der Waals surface area contributed by atoms with Gasteiger partial charge < -0.3 is 4.98 Å². The van der Waals surface area contributed by atoms with Crippen molar-refractivity contribution in [2.24, 2.45) is 0 Å². The van der Waals surface area contributed by atoms with E-state index in [4.69, 9.17) is 0 Å². The third kappa shape index (κ3) is 2.61. The number of thiophene rings is 1. The maximum atomic E-state index is 14.0. The molecule has 2 aromatic heterocycles. The van der Waals surface area contributed by atoms with Crippen LogP contribution in [0.25, 0.3) is 21.7 Å². The summed E-state index contributed by atoms with van der Waals surface area (Å²) in [6, 6.07) is 13.3. The van der Waals surface area contributed by atoms with Gasteiger partial charge in [-0.15, -0.1) is 11.3 Å². The maximum absolute atomic E-state index is 14.0. The minimum atomic E-state index is -0.525. The van der Waals surface area contributed by atoms with Crippen LogP contribution < -0.4 is 5.56 Å². The lowest BCUT2D eigenvalue weighted by Gasteiger charge is -2.07. The van der Waals surface area contributed by atoms with Gasteiger partial charge in [0.25, 0.3) is 5.56 Å². The molecule has 0 saturated carbocycles. The molecule has 3 rings (SSSR count). The topological polar surface area (TPSA) is 56.6 Å². The van der Waals surface area contributed by atoms with Crippen LogP contribution >= 0.6 is 27.3 Å². The van der Waals surface area contributed by atoms with Gasteiger partial charge in [-0.3, -0.25) is 4.79 Å². The number of H-pyrrole nitrogens is 1. The number of pyridine rings is 1. The first kappa shape index (κ1) is 14.7. The van der Waals surface area contributed by atoms with Gasteiger partial charge in [0.05, 0.1) is 14.4 Å². The van der Waals surface area contributed by atoms with E-state index < -0.39 is 11.4 Å². The van der Waals surface area contributed by atoms with E-state index in [-0.39, 0.29) is 11.1 Å². The summed E-state index contributed by atoms with van der Waals surface area (Å²) in [5.41, 5.74) is 0.469. The van der Waals surface area contributed by atoms with E-state index in [0.717, 1.165) is 8.66 Å². The monoisotopic (exact) mass is 374 g/mol. The molecule has 3 aromatic rings. The summed E-state index contributed by atoms with van der Waals surface area (Å²) in [6.45, 7) is 0. The maximum Gasteiger partial charge on any atom is 0.266 e. The third-order valence-corrected chi connectivity index (χ3v) is 4.80. The van der Waals surface area contributed by atoms with Crippen molar-refractivity contribution in [3.8, 4) is 27.8 Å². The van der Waals surface area contributed by atoms with Gasteiger partial charge in [-0.25, -0.2) is 4.39 Å². The largest absolute Gasteiger partial charge is 0.320 e. The van der Waals surface area contributed by atoms with E-state index in [1.807, 2.05) is 18.2 Å².